The van der Waals surface area contributed by atoms with Gasteiger partial charge in [0, 0.05) is 4.92 Å². The molecule has 0 saturated carbocycles. The van der Waals surface area contributed by atoms with Crippen molar-refractivity contribution in [1.29, 1.82) is 0 Å². The van der Waals surface area contributed by atoms with Crippen LogP contribution in [0.4, 0.5) is 0 Å². The molecule has 0 amide bonds. The van der Waals surface area contributed by atoms with E-state index in [1.807, 2.05) is 0 Å². The minimum absolute atomic E-state index is 0.198. The monoisotopic (exact) mass is 118 g/mol. The highest BCUT2D eigenvalue weighted by atomic mass is 16.6. The first-order valence-electron chi connectivity index (χ1n) is 1.88. The van der Waals surface area contributed by atoms with Crippen LogP contribution in [0, 0.1) is 10.1 Å². The topological polar surface area (TPSA) is 69.4 Å². The van der Waals surface area contributed by atoms with Crippen molar-refractivity contribution in [3.8, 4) is 0 Å². The van der Waals surface area contributed by atoms with Crippen molar-refractivity contribution in [2.24, 2.45) is 0 Å². The second kappa shape index (κ2) is 4.04. The van der Waals surface area contributed by atoms with Crippen molar-refractivity contribution in [1.82, 2.24) is 0 Å². The molecule has 0 fully saturated rings. The van der Waals surface area contributed by atoms with Gasteiger partial charge in [-0.1, -0.05) is 0 Å². The average Bonchev–Trinajstić information content (AvgIpc) is 1.66. The number of hydrogen-bond acceptors (Lipinski definition) is 4. The van der Waals surface area contributed by atoms with Crippen molar-refractivity contribution in [2.75, 3.05) is 13.2 Å². The third kappa shape index (κ3) is 4.87. The minimum Gasteiger partial charge on any atom is -0.450 e. The third-order valence-corrected chi connectivity index (χ3v) is 0.435. The summed E-state index contributed by atoms with van der Waals surface area (Å²) in [6, 6.07) is 0. The molecular formula is C3H4NO4. The van der Waals surface area contributed by atoms with Gasteiger partial charge in [0.05, 0.1) is 0 Å². The summed E-state index contributed by atoms with van der Waals surface area (Å²) in [5.41, 5.74) is 0. The highest BCUT2D eigenvalue weighted by Crippen LogP contribution is 1.68. The molecule has 0 aromatic rings. The average molecular weight is 118 g/mol. The first-order chi connectivity index (χ1) is 3.77. The molecule has 0 aliphatic heterocycles. The zero-order valence-electron chi connectivity index (χ0n) is 3.99. The van der Waals surface area contributed by atoms with Gasteiger partial charge in [-0.15, -0.1) is 0 Å². The van der Waals surface area contributed by atoms with Crippen LogP contribution in [0.15, 0.2) is 0 Å². The van der Waals surface area contributed by atoms with E-state index in [2.05, 4.69) is 4.74 Å². The van der Waals surface area contributed by atoms with Crippen molar-refractivity contribution in [3.05, 3.63) is 10.1 Å². The van der Waals surface area contributed by atoms with Gasteiger partial charge in [-0.25, -0.2) is 4.79 Å². The van der Waals surface area contributed by atoms with Crippen molar-refractivity contribution >= 4 is 6.47 Å². The quantitative estimate of drug-likeness (QED) is 0.279. The fraction of sp³-hybridized carbons (Fsp3) is 0.667. The molecule has 5 nitrogen and oxygen atoms in total. The number of nitro groups is 1. The summed E-state index contributed by atoms with van der Waals surface area (Å²) in [7, 11) is 0. The SMILES string of the molecule is O=[C]OCC[N+](=O)[O-]. The fourth-order valence-corrected chi connectivity index (χ4v) is 0.162. The highest BCUT2D eigenvalue weighted by molar-refractivity contribution is 5.37. The molecule has 0 aliphatic carbocycles. The minimum atomic E-state index is -0.572. The molecule has 0 N–H and O–H groups in total. The van der Waals surface area contributed by atoms with E-state index >= 15 is 0 Å². The van der Waals surface area contributed by atoms with Crippen LogP contribution in [-0.4, -0.2) is 24.5 Å². The van der Waals surface area contributed by atoms with Gasteiger partial charge in [0.25, 0.3) is 0 Å². The molecule has 0 aliphatic rings. The Kier molecular flexibility index (Phi) is 3.47. The van der Waals surface area contributed by atoms with Crippen molar-refractivity contribution in [3.63, 3.8) is 0 Å². The van der Waals surface area contributed by atoms with Gasteiger partial charge < -0.3 is 4.74 Å². The molecule has 0 spiro atoms. The summed E-state index contributed by atoms with van der Waals surface area (Å²) < 4.78 is 3.90. The Bertz CT molecular complexity index is 91.3. The van der Waals surface area contributed by atoms with E-state index in [1.165, 1.54) is 0 Å². The van der Waals surface area contributed by atoms with E-state index in [9.17, 15) is 14.9 Å². The van der Waals surface area contributed by atoms with Gasteiger partial charge >= 0.3 is 6.47 Å². The zero-order chi connectivity index (χ0) is 6.41. The molecule has 0 aromatic carbocycles. The predicted molar refractivity (Wildman–Crippen MR) is 23.5 cm³/mol. The largest absolute Gasteiger partial charge is 0.450 e. The maximum atomic E-state index is 9.47. The Hall–Kier alpha value is -1.13. The molecule has 1 radical (unpaired) electrons. The smallest absolute Gasteiger partial charge is 0.417 e. The molecule has 0 bridgehead atoms. The van der Waals surface area contributed by atoms with Gasteiger partial charge in [0.1, 0.15) is 0 Å². The first-order valence-corrected chi connectivity index (χ1v) is 1.88. The number of hydrogen-bond donors (Lipinski definition) is 0. The van der Waals surface area contributed by atoms with Crippen LogP contribution in [0.1, 0.15) is 0 Å². The van der Waals surface area contributed by atoms with Crippen molar-refractivity contribution < 1.29 is 14.5 Å². The van der Waals surface area contributed by atoms with Crippen molar-refractivity contribution in [2.45, 2.75) is 0 Å². The standard InChI is InChI=1S/C3H4NO4/c5-3-8-2-1-4(6)7/h1-2H2. The van der Waals surface area contributed by atoms with Crippen LogP contribution in [0.3, 0.4) is 0 Å². The summed E-state index contributed by atoms with van der Waals surface area (Å²) in [4.78, 5) is 18.1. The Balaban J connectivity index is 2.93. The Morgan fingerprint density at radius 1 is 1.75 bits per heavy atom. The van der Waals surface area contributed by atoms with Gasteiger partial charge in [0.2, 0.25) is 6.54 Å². The lowest BCUT2D eigenvalue weighted by molar-refractivity contribution is -0.482. The number of rotatable bonds is 4. The normalized spacial score (nSPS) is 8.00. The molecule has 0 unspecified atom stereocenters. The second-order valence-corrected chi connectivity index (χ2v) is 0.988. The number of carbonyl (C=O) groups excluding carboxylic acids is 1. The summed E-state index contributed by atoms with van der Waals surface area (Å²) >= 11 is 0. The molecule has 0 aromatic heterocycles. The van der Waals surface area contributed by atoms with E-state index in [0.717, 1.165) is 6.47 Å². The van der Waals surface area contributed by atoms with Crippen LogP contribution in [0.5, 0.6) is 0 Å². The Morgan fingerprint density at radius 3 is 2.75 bits per heavy atom. The molecule has 8 heavy (non-hydrogen) atoms. The third-order valence-electron chi connectivity index (χ3n) is 0.435. The van der Waals surface area contributed by atoms with Gasteiger partial charge in [-0.3, -0.25) is 10.1 Å². The lowest BCUT2D eigenvalue weighted by atomic mass is 10.7. The first kappa shape index (κ1) is 6.87. The lowest BCUT2D eigenvalue weighted by Gasteiger charge is -1.87. The summed E-state index contributed by atoms with van der Waals surface area (Å²) in [5, 5.41) is 9.47. The fourth-order valence-electron chi connectivity index (χ4n) is 0.162. The molecular weight excluding hydrogens is 114 g/mol. The van der Waals surface area contributed by atoms with E-state index in [4.69, 9.17) is 0 Å². The summed E-state index contributed by atoms with van der Waals surface area (Å²) in [6.45, 7) is 0.519. The molecule has 45 valence electrons. The van der Waals surface area contributed by atoms with Crippen LogP contribution < -0.4 is 0 Å². The van der Waals surface area contributed by atoms with Crippen LogP contribution >= 0.6 is 0 Å². The lowest BCUT2D eigenvalue weighted by Crippen LogP contribution is -2.07. The van der Waals surface area contributed by atoms with Gasteiger partial charge in [-0.05, 0) is 0 Å². The van der Waals surface area contributed by atoms with E-state index < -0.39 is 4.92 Å². The van der Waals surface area contributed by atoms with Gasteiger partial charge in [-0.2, -0.15) is 0 Å². The predicted octanol–water partition coefficient (Wildman–Crippen LogP) is -0.653. The van der Waals surface area contributed by atoms with Gasteiger partial charge in [0.15, 0.2) is 6.61 Å². The number of ether oxygens (including phenoxy) is 1. The summed E-state index contributed by atoms with van der Waals surface area (Å²) in [6.07, 6.45) is 0. The number of nitrogens with zero attached hydrogens (tertiary/aromatic N) is 1. The van der Waals surface area contributed by atoms with Crippen LogP contribution in [-0.2, 0) is 9.53 Å². The highest BCUT2D eigenvalue weighted by Gasteiger charge is 1.93. The molecule has 5 heteroatoms. The molecule has 0 rings (SSSR count). The molecule has 0 heterocycles. The molecule has 0 saturated heterocycles. The van der Waals surface area contributed by atoms with E-state index in [0.29, 0.717) is 0 Å². The zero-order valence-corrected chi connectivity index (χ0v) is 3.99. The summed E-state index contributed by atoms with van der Waals surface area (Å²) in [5.74, 6) is 0. The Morgan fingerprint density at radius 2 is 2.38 bits per heavy atom. The van der Waals surface area contributed by atoms with Crippen LogP contribution in [0.2, 0.25) is 0 Å². The maximum Gasteiger partial charge on any atom is 0.417 e. The van der Waals surface area contributed by atoms with Crippen LogP contribution in [0.25, 0.3) is 0 Å². The van der Waals surface area contributed by atoms with E-state index in [-0.39, 0.29) is 13.2 Å². The maximum absolute atomic E-state index is 9.47. The molecule has 0 atom stereocenters. The Labute approximate surface area is 45.4 Å². The van der Waals surface area contributed by atoms with E-state index in [1.54, 1.807) is 0 Å². The second-order valence-electron chi connectivity index (χ2n) is 0.988.